The summed E-state index contributed by atoms with van der Waals surface area (Å²) in [5.74, 6) is 0.525. The van der Waals surface area contributed by atoms with Crippen LogP contribution in [0.25, 0.3) is 0 Å². The molecule has 74 valence electrons. The standard InChI is InChI=1S/C11H18O2/c1-4-11(2,3)8-5-9(12)7-10(13)6-8/h8H,4-7H2,1-3H3. The van der Waals surface area contributed by atoms with E-state index in [9.17, 15) is 9.59 Å². The smallest absolute Gasteiger partial charge is 0.140 e. The van der Waals surface area contributed by atoms with Crippen LogP contribution in [0.15, 0.2) is 0 Å². The SMILES string of the molecule is CCC(C)(C)C1CC(=O)CC(=O)C1. The van der Waals surface area contributed by atoms with Crippen molar-refractivity contribution in [2.45, 2.75) is 46.5 Å². The van der Waals surface area contributed by atoms with Crippen LogP contribution in [0.5, 0.6) is 0 Å². The van der Waals surface area contributed by atoms with Crippen molar-refractivity contribution in [2.75, 3.05) is 0 Å². The molecule has 2 heteroatoms. The molecule has 0 unspecified atom stereocenters. The molecular formula is C11H18O2. The predicted octanol–water partition coefficient (Wildman–Crippen LogP) is 2.36. The maximum atomic E-state index is 11.2. The Labute approximate surface area is 79.7 Å². The van der Waals surface area contributed by atoms with Gasteiger partial charge < -0.3 is 0 Å². The monoisotopic (exact) mass is 182 g/mol. The zero-order chi connectivity index (χ0) is 10.1. The molecule has 1 saturated carbocycles. The second-order valence-corrected chi connectivity index (χ2v) is 4.70. The quantitative estimate of drug-likeness (QED) is 0.614. The third-order valence-corrected chi connectivity index (χ3v) is 3.36. The van der Waals surface area contributed by atoms with Gasteiger partial charge in [0.05, 0.1) is 6.42 Å². The fraction of sp³-hybridized carbons (Fsp3) is 0.818. The third-order valence-electron chi connectivity index (χ3n) is 3.36. The Morgan fingerprint density at radius 2 is 1.69 bits per heavy atom. The number of carbonyl (C=O) groups is 2. The molecular weight excluding hydrogens is 164 g/mol. The topological polar surface area (TPSA) is 34.1 Å². The number of rotatable bonds is 2. The van der Waals surface area contributed by atoms with Gasteiger partial charge in [-0.3, -0.25) is 9.59 Å². The Bertz CT molecular complexity index is 212. The molecule has 0 bridgehead atoms. The summed E-state index contributed by atoms with van der Waals surface area (Å²) in [5.41, 5.74) is 0.131. The molecule has 0 atom stereocenters. The Hall–Kier alpha value is -0.660. The lowest BCUT2D eigenvalue weighted by atomic mass is 9.69. The van der Waals surface area contributed by atoms with E-state index in [0.717, 1.165) is 6.42 Å². The van der Waals surface area contributed by atoms with Crippen LogP contribution in [0.3, 0.4) is 0 Å². The van der Waals surface area contributed by atoms with Crippen molar-refractivity contribution in [3.05, 3.63) is 0 Å². The molecule has 2 nitrogen and oxygen atoms in total. The highest BCUT2D eigenvalue weighted by Crippen LogP contribution is 2.38. The maximum absolute atomic E-state index is 11.2. The summed E-state index contributed by atoms with van der Waals surface area (Å²) in [6.07, 6.45) is 2.41. The van der Waals surface area contributed by atoms with Crippen LogP contribution in [0, 0.1) is 11.3 Å². The van der Waals surface area contributed by atoms with Crippen LogP contribution >= 0.6 is 0 Å². The van der Waals surface area contributed by atoms with Crippen molar-refractivity contribution in [3.63, 3.8) is 0 Å². The van der Waals surface area contributed by atoms with Gasteiger partial charge in [0, 0.05) is 12.8 Å². The zero-order valence-electron chi connectivity index (χ0n) is 8.72. The summed E-state index contributed by atoms with van der Waals surface area (Å²) >= 11 is 0. The molecule has 0 aromatic rings. The first-order chi connectivity index (χ1) is 5.95. The van der Waals surface area contributed by atoms with E-state index in [1.807, 2.05) is 0 Å². The molecule has 1 aliphatic rings. The lowest BCUT2D eigenvalue weighted by Gasteiger charge is -2.34. The van der Waals surface area contributed by atoms with Gasteiger partial charge >= 0.3 is 0 Å². The van der Waals surface area contributed by atoms with E-state index in [4.69, 9.17) is 0 Å². The van der Waals surface area contributed by atoms with Crippen molar-refractivity contribution in [1.82, 2.24) is 0 Å². The van der Waals surface area contributed by atoms with E-state index in [1.54, 1.807) is 0 Å². The molecule has 0 spiro atoms. The summed E-state index contributed by atoms with van der Waals surface area (Å²) in [5, 5.41) is 0. The van der Waals surface area contributed by atoms with Crippen molar-refractivity contribution in [3.8, 4) is 0 Å². The summed E-state index contributed by atoms with van der Waals surface area (Å²) in [7, 11) is 0. The Morgan fingerprint density at radius 3 is 2.08 bits per heavy atom. The fourth-order valence-corrected chi connectivity index (χ4v) is 1.83. The van der Waals surface area contributed by atoms with E-state index < -0.39 is 0 Å². The average molecular weight is 182 g/mol. The van der Waals surface area contributed by atoms with Crippen molar-refractivity contribution in [1.29, 1.82) is 0 Å². The molecule has 1 rings (SSSR count). The van der Waals surface area contributed by atoms with Gasteiger partial charge in [0.2, 0.25) is 0 Å². The molecule has 1 fully saturated rings. The number of carbonyl (C=O) groups excluding carboxylic acids is 2. The van der Waals surface area contributed by atoms with E-state index in [1.165, 1.54) is 0 Å². The van der Waals surface area contributed by atoms with Gasteiger partial charge in [-0.1, -0.05) is 27.2 Å². The van der Waals surface area contributed by atoms with Gasteiger partial charge in [-0.25, -0.2) is 0 Å². The highest BCUT2D eigenvalue weighted by atomic mass is 16.1. The minimum absolute atomic E-state index is 0.128. The van der Waals surface area contributed by atoms with Gasteiger partial charge in [0.1, 0.15) is 11.6 Å². The molecule has 0 aromatic heterocycles. The highest BCUT2D eigenvalue weighted by molar-refractivity contribution is 6.01. The third kappa shape index (κ3) is 2.39. The maximum Gasteiger partial charge on any atom is 0.140 e. The first kappa shape index (κ1) is 10.4. The highest BCUT2D eigenvalue weighted by Gasteiger charge is 2.34. The minimum Gasteiger partial charge on any atom is -0.299 e. The lowest BCUT2D eigenvalue weighted by molar-refractivity contribution is -0.133. The van der Waals surface area contributed by atoms with Crippen LogP contribution < -0.4 is 0 Å². The Balaban J connectivity index is 2.70. The molecule has 1 aliphatic carbocycles. The number of hydrogen-bond acceptors (Lipinski definition) is 2. The van der Waals surface area contributed by atoms with E-state index in [0.29, 0.717) is 12.8 Å². The van der Waals surface area contributed by atoms with Crippen molar-refractivity contribution >= 4 is 11.6 Å². The second-order valence-electron chi connectivity index (χ2n) is 4.70. The molecule has 0 amide bonds. The molecule has 0 aromatic carbocycles. The van der Waals surface area contributed by atoms with Crippen LogP contribution in [-0.4, -0.2) is 11.6 Å². The second kappa shape index (κ2) is 3.60. The normalized spacial score (nSPS) is 20.8. The molecule has 0 radical (unpaired) electrons. The van der Waals surface area contributed by atoms with E-state index in [-0.39, 0.29) is 29.3 Å². The van der Waals surface area contributed by atoms with E-state index >= 15 is 0 Å². The first-order valence-electron chi connectivity index (χ1n) is 4.99. The summed E-state index contributed by atoms with van der Waals surface area (Å²) in [6, 6.07) is 0. The molecule has 0 aliphatic heterocycles. The van der Waals surface area contributed by atoms with Crippen LogP contribution in [0.2, 0.25) is 0 Å². The molecule has 13 heavy (non-hydrogen) atoms. The lowest BCUT2D eigenvalue weighted by Crippen LogP contribution is -2.32. The van der Waals surface area contributed by atoms with Gasteiger partial charge in [-0.15, -0.1) is 0 Å². The van der Waals surface area contributed by atoms with Gasteiger partial charge in [0.25, 0.3) is 0 Å². The number of Topliss-reactive ketones (excluding diaryl/α,β-unsaturated/α-hetero) is 2. The predicted molar refractivity (Wildman–Crippen MR) is 51.4 cm³/mol. The zero-order valence-corrected chi connectivity index (χ0v) is 8.72. The summed E-state index contributed by atoms with van der Waals surface area (Å²) < 4.78 is 0. The molecule has 0 heterocycles. The summed E-state index contributed by atoms with van der Waals surface area (Å²) in [6.45, 7) is 6.40. The fourth-order valence-electron chi connectivity index (χ4n) is 1.83. The largest absolute Gasteiger partial charge is 0.299 e. The van der Waals surface area contributed by atoms with Gasteiger partial charge in [-0.2, -0.15) is 0 Å². The molecule has 0 saturated heterocycles. The molecule has 0 N–H and O–H groups in total. The number of ketones is 2. The van der Waals surface area contributed by atoms with Crippen LogP contribution in [-0.2, 0) is 9.59 Å². The minimum atomic E-state index is 0.128. The Kier molecular flexibility index (Phi) is 2.89. The van der Waals surface area contributed by atoms with E-state index in [2.05, 4.69) is 20.8 Å². The van der Waals surface area contributed by atoms with Crippen LogP contribution in [0.1, 0.15) is 46.5 Å². The van der Waals surface area contributed by atoms with Crippen molar-refractivity contribution in [2.24, 2.45) is 11.3 Å². The van der Waals surface area contributed by atoms with Gasteiger partial charge in [0.15, 0.2) is 0 Å². The Morgan fingerprint density at radius 1 is 1.23 bits per heavy atom. The average Bonchev–Trinajstić information content (AvgIpc) is 2.02. The summed E-state index contributed by atoms with van der Waals surface area (Å²) in [4.78, 5) is 22.5. The van der Waals surface area contributed by atoms with Crippen LogP contribution in [0.4, 0.5) is 0 Å². The first-order valence-corrected chi connectivity index (χ1v) is 4.99. The van der Waals surface area contributed by atoms with Gasteiger partial charge in [-0.05, 0) is 11.3 Å². The number of hydrogen-bond donors (Lipinski definition) is 0. The van der Waals surface area contributed by atoms with Crippen molar-refractivity contribution < 1.29 is 9.59 Å².